The number of aliphatic hydroxyl groups is 1. The lowest BCUT2D eigenvalue weighted by Gasteiger charge is -2.29. The molecule has 2 N–H and O–H groups in total. The van der Waals surface area contributed by atoms with Gasteiger partial charge in [-0.15, -0.1) is 0 Å². The van der Waals surface area contributed by atoms with Crippen LogP contribution < -0.4 is 5.32 Å². The van der Waals surface area contributed by atoms with Crippen molar-refractivity contribution in [2.75, 3.05) is 20.2 Å². The molecule has 0 aromatic heterocycles. The van der Waals surface area contributed by atoms with Crippen LogP contribution in [0.25, 0.3) is 0 Å². The van der Waals surface area contributed by atoms with E-state index in [-0.39, 0.29) is 12.6 Å². The maximum atomic E-state index is 11.9. The number of hydrogen-bond donors (Lipinski definition) is 2. The Morgan fingerprint density at radius 3 is 2.72 bits per heavy atom. The number of rotatable bonds is 4. The van der Waals surface area contributed by atoms with Crippen LogP contribution in [-0.4, -0.2) is 36.2 Å². The van der Waals surface area contributed by atoms with Crippen molar-refractivity contribution in [2.45, 2.75) is 19.4 Å². The minimum atomic E-state index is -0.522. The molecule has 0 saturated carbocycles. The highest BCUT2D eigenvalue weighted by Crippen LogP contribution is 2.23. The number of aliphatic hydroxyl groups excluding tert-OH is 1. The lowest BCUT2D eigenvalue weighted by atomic mass is 9.94. The predicted octanol–water partition coefficient (Wildman–Crippen LogP) is 2.21. The van der Waals surface area contributed by atoms with Crippen molar-refractivity contribution in [2.24, 2.45) is 0 Å². The maximum Gasteiger partial charge on any atom is 0.317 e. The maximum absolute atomic E-state index is 11.9. The zero-order chi connectivity index (χ0) is 13.8. The zero-order valence-electron chi connectivity index (χ0n) is 10.9. The standard InChI is InChI=1S/C13H19ClN2O2/c1-13(2,10-5-4-6-11(14)9-10)15-12(18)16(3)7-8-17/h4-6,9,17H,7-8H2,1-3H3,(H,15,18). The van der Waals surface area contributed by atoms with Crippen LogP contribution in [0.5, 0.6) is 0 Å². The molecule has 0 atom stereocenters. The molecule has 1 aromatic carbocycles. The van der Waals surface area contributed by atoms with Crippen molar-refractivity contribution < 1.29 is 9.90 Å². The van der Waals surface area contributed by atoms with Crippen molar-refractivity contribution in [1.29, 1.82) is 0 Å². The molecule has 1 aromatic rings. The Morgan fingerprint density at radius 2 is 2.17 bits per heavy atom. The molecule has 100 valence electrons. The lowest BCUT2D eigenvalue weighted by molar-refractivity contribution is 0.181. The molecule has 0 aliphatic carbocycles. The van der Waals surface area contributed by atoms with Crippen LogP contribution in [0, 0.1) is 0 Å². The number of carbonyl (C=O) groups is 1. The summed E-state index contributed by atoms with van der Waals surface area (Å²) in [5.74, 6) is 0. The Bertz CT molecular complexity index is 421. The first-order chi connectivity index (χ1) is 8.36. The molecule has 0 aliphatic rings. The highest BCUT2D eigenvalue weighted by Gasteiger charge is 2.24. The minimum absolute atomic E-state index is 0.0541. The number of hydrogen-bond acceptors (Lipinski definition) is 2. The van der Waals surface area contributed by atoms with Crippen molar-refractivity contribution in [3.63, 3.8) is 0 Å². The van der Waals surface area contributed by atoms with Crippen LogP contribution in [-0.2, 0) is 5.54 Å². The fourth-order valence-electron chi connectivity index (χ4n) is 1.56. The number of nitrogens with one attached hydrogen (secondary N) is 1. The van der Waals surface area contributed by atoms with Gasteiger partial charge in [0.15, 0.2) is 0 Å². The van der Waals surface area contributed by atoms with Gasteiger partial charge in [-0.2, -0.15) is 0 Å². The van der Waals surface area contributed by atoms with Crippen LogP contribution in [0.2, 0.25) is 5.02 Å². The van der Waals surface area contributed by atoms with Gasteiger partial charge in [0.1, 0.15) is 0 Å². The first-order valence-corrected chi connectivity index (χ1v) is 6.15. The summed E-state index contributed by atoms with van der Waals surface area (Å²) in [6.45, 7) is 4.06. The quantitative estimate of drug-likeness (QED) is 0.881. The van der Waals surface area contributed by atoms with Crippen LogP contribution >= 0.6 is 11.6 Å². The van der Waals surface area contributed by atoms with Gasteiger partial charge in [0.2, 0.25) is 0 Å². The highest BCUT2D eigenvalue weighted by molar-refractivity contribution is 6.30. The second-order valence-electron chi connectivity index (χ2n) is 4.71. The first kappa shape index (κ1) is 14.8. The molecular weight excluding hydrogens is 252 g/mol. The Labute approximate surface area is 113 Å². The number of nitrogens with zero attached hydrogens (tertiary/aromatic N) is 1. The molecule has 0 aliphatic heterocycles. The number of carbonyl (C=O) groups excluding carboxylic acids is 1. The summed E-state index contributed by atoms with van der Waals surface area (Å²) in [6.07, 6.45) is 0. The second kappa shape index (κ2) is 6.07. The van der Waals surface area contributed by atoms with E-state index in [0.29, 0.717) is 11.6 Å². The molecule has 0 spiro atoms. The smallest absolute Gasteiger partial charge is 0.317 e. The fourth-order valence-corrected chi connectivity index (χ4v) is 1.75. The number of halogens is 1. The monoisotopic (exact) mass is 270 g/mol. The van der Waals surface area contributed by atoms with E-state index in [1.807, 2.05) is 32.0 Å². The van der Waals surface area contributed by atoms with Gasteiger partial charge >= 0.3 is 6.03 Å². The topological polar surface area (TPSA) is 52.6 Å². The molecule has 4 nitrogen and oxygen atoms in total. The second-order valence-corrected chi connectivity index (χ2v) is 5.15. The van der Waals surface area contributed by atoms with Gasteiger partial charge in [-0.3, -0.25) is 0 Å². The fraction of sp³-hybridized carbons (Fsp3) is 0.462. The molecule has 2 amide bonds. The van der Waals surface area contributed by atoms with E-state index in [0.717, 1.165) is 5.56 Å². The molecule has 0 saturated heterocycles. The summed E-state index contributed by atoms with van der Waals surface area (Å²) < 4.78 is 0. The van der Waals surface area contributed by atoms with E-state index in [2.05, 4.69) is 5.32 Å². The molecule has 0 fully saturated rings. The average molecular weight is 271 g/mol. The summed E-state index contributed by atoms with van der Waals surface area (Å²) in [5.41, 5.74) is 0.409. The molecule has 0 radical (unpaired) electrons. The molecule has 0 unspecified atom stereocenters. The zero-order valence-corrected chi connectivity index (χ0v) is 11.7. The Morgan fingerprint density at radius 1 is 1.50 bits per heavy atom. The van der Waals surface area contributed by atoms with E-state index in [1.165, 1.54) is 4.90 Å². The van der Waals surface area contributed by atoms with Crippen LogP contribution in [0.15, 0.2) is 24.3 Å². The van der Waals surface area contributed by atoms with Gasteiger partial charge in [-0.05, 0) is 31.5 Å². The normalized spacial score (nSPS) is 11.2. The van der Waals surface area contributed by atoms with E-state index < -0.39 is 5.54 Å². The Balaban J connectivity index is 2.78. The van der Waals surface area contributed by atoms with Crippen molar-refractivity contribution in [1.82, 2.24) is 10.2 Å². The molecule has 0 heterocycles. The van der Waals surface area contributed by atoms with Gasteiger partial charge in [0.25, 0.3) is 0 Å². The third-order valence-electron chi connectivity index (χ3n) is 2.75. The lowest BCUT2D eigenvalue weighted by Crippen LogP contribution is -2.47. The van der Waals surface area contributed by atoms with E-state index in [9.17, 15) is 4.79 Å². The van der Waals surface area contributed by atoms with E-state index in [1.54, 1.807) is 13.1 Å². The van der Waals surface area contributed by atoms with Crippen molar-refractivity contribution >= 4 is 17.6 Å². The highest BCUT2D eigenvalue weighted by atomic mass is 35.5. The third-order valence-corrected chi connectivity index (χ3v) is 2.98. The minimum Gasteiger partial charge on any atom is -0.395 e. The van der Waals surface area contributed by atoms with Gasteiger partial charge in [-0.1, -0.05) is 23.7 Å². The van der Waals surface area contributed by atoms with Gasteiger partial charge < -0.3 is 15.3 Å². The summed E-state index contributed by atoms with van der Waals surface area (Å²) in [7, 11) is 1.64. The molecule has 1 rings (SSSR count). The Kier molecular flexibility index (Phi) is 4.99. The SMILES string of the molecule is CN(CCO)C(=O)NC(C)(C)c1cccc(Cl)c1. The largest absolute Gasteiger partial charge is 0.395 e. The van der Waals surface area contributed by atoms with Crippen molar-refractivity contribution in [3.05, 3.63) is 34.9 Å². The summed E-state index contributed by atoms with van der Waals surface area (Å²) >= 11 is 5.94. The summed E-state index contributed by atoms with van der Waals surface area (Å²) in [6, 6.07) is 7.16. The number of benzene rings is 1. The predicted molar refractivity (Wildman–Crippen MR) is 72.7 cm³/mol. The Hall–Kier alpha value is -1.26. The van der Waals surface area contributed by atoms with E-state index >= 15 is 0 Å². The van der Waals surface area contributed by atoms with Gasteiger partial charge in [-0.25, -0.2) is 4.79 Å². The molecule has 0 bridgehead atoms. The number of urea groups is 1. The first-order valence-electron chi connectivity index (χ1n) is 5.77. The number of amides is 2. The molecular formula is C13H19ClN2O2. The average Bonchev–Trinajstić information content (AvgIpc) is 2.28. The van der Waals surface area contributed by atoms with E-state index in [4.69, 9.17) is 16.7 Å². The summed E-state index contributed by atoms with van der Waals surface area (Å²) in [4.78, 5) is 13.3. The molecule has 18 heavy (non-hydrogen) atoms. The molecule has 5 heteroatoms. The van der Waals surface area contributed by atoms with Crippen LogP contribution in [0.3, 0.4) is 0 Å². The van der Waals surface area contributed by atoms with Crippen molar-refractivity contribution in [3.8, 4) is 0 Å². The number of likely N-dealkylation sites (N-methyl/N-ethyl adjacent to an activating group) is 1. The summed E-state index contributed by atoms with van der Waals surface area (Å²) in [5, 5.41) is 12.3. The van der Waals surface area contributed by atoms with Crippen LogP contribution in [0.1, 0.15) is 19.4 Å². The van der Waals surface area contributed by atoms with Crippen LogP contribution in [0.4, 0.5) is 4.79 Å². The van der Waals surface area contributed by atoms with Gasteiger partial charge in [0, 0.05) is 18.6 Å². The third kappa shape index (κ3) is 3.89. The van der Waals surface area contributed by atoms with Gasteiger partial charge in [0.05, 0.1) is 12.1 Å².